The van der Waals surface area contributed by atoms with Crippen LogP contribution in [0.5, 0.6) is 5.75 Å². The predicted octanol–water partition coefficient (Wildman–Crippen LogP) is 6.54. The summed E-state index contributed by atoms with van der Waals surface area (Å²) in [4.78, 5) is 11.6. The third kappa shape index (κ3) is 6.17. The molecule has 0 heterocycles. The molecule has 26 heavy (non-hydrogen) atoms. The standard InChI is InChI=1S/C22H27FO3/c1-3-5-6-7-15-25-22(24)26-19-12-10-18(11-13-19)20-14-9-17(8-4-2)16-21(20)23/h9-14,16H,3-8,15H2,1-2H3. The first-order chi connectivity index (χ1) is 12.6. The van der Waals surface area contributed by atoms with Crippen LogP contribution >= 0.6 is 0 Å². The van der Waals surface area contributed by atoms with Gasteiger partial charge in [-0.1, -0.05) is 63.8 Å². The lowest BCUT2D eigenvalue weighted by Gasteiger charge is -2.08. The quantitative estimate of drug-likeness (QED) is 0.290. The zero-order valence-electron chi connectivity index (χ0n) is 15.6. The minimum absolute atomic E-state index is 0.240. The number of ether oxygens (including phenoxy) is 2. The van der Waals surface area contributed by atoms with Crippen molar-refractivity contribution in [2.24, 2.45) is 0 Å². The molecule has 0 aromatic heterocycles. The normalized spacial score (nSPS) is 10.6. The second-order valence-corrected chi connectivity index (χ2v) is 6.35. The van der Waals surface area contributed by atoms with E-state index in [0.29, 0.717) is 17.9 Å². The van der Waals surface area contributed by atoms with Crippen LogP contribution in [0.2, 0.25) is 0 Å². The molecule has 2 aromatic carbocycles. The Morgan fingerprint density at radius 1 is 0.962 bits per heavy atom. The van der Waals surface area contributed by atoms with Crippen molar-refractivity contribution in [1.82, 2.24) is 0 Å². The van der Waals surface area contributed by atoms with E-state index in [1.165, 1.54) is 0 Å². The monoisotopic (exact) mass is 358 g/mol. The highest BCUT2D eigenvalue weighted by molar-refractivity contribution is 5.67. The molecule has 2 aromatic rings. The Morgan fingerprint density at radius 3 is 2.38 bits per heavy atom. The third-order valence-corrected chi connectivity index (χ3v) is 4.16. The van der Waals surface area contributed by atoms with E-state index >= 15 is 0 Å². The van der Waals surface area contributed by atoms with Crippen molar-refractivity contribution in [3.63, 3.8) is 0 Å². The van der Waals surface area contributed by atoms with Crippen LogP contribution in [-0.4, -0.2) is 12.8 Å². The van der Waals surface area contributed by atoms with Crippen molar-refractivity contribution in [2.45, 2.75) is 52.4 Å². The molecule has 0 aliphatic heterocycles. The summed E-state index contributed by atoms with van der Waals surface area (Å²) in [5.74, 6) is 0.145. The molecule has 3 nitrogen and oxygen atoms in total. The second kappa shape index (κ2) is 10.6. The molecule has 0 amide bonds. The maximum absolute atomic E-state index is 14.3. The van der Waals surface area contributed by atoms with Gasteiger partial charge in [-0.2, -0.15) is 0 Å². The second-order valence-electron chi connectivity index (χ2n) is 6.35. The zero-order chi connectivity index (χ0) is 18.8. The molecular weight excluding hydrogens is 331 g/mol. The first-order valence-corrected chi connectivity index (χ1v) is 9.37. The highest BCUT2D eigenvalue weighted by Gasteiger charge is 2.09. The largest absolute Gasteiger partial charge is 0.513 e. The van der Waals surface area contributed by atoms with E-state index in [1.54, 1.807) is 36.4 Å². The van der Waals surface area contributed by atoms with Gasteiger partial charge in [-0.05, 0) is 42.2 Å². The first kappa shape index (κ1) is 20.0. The Hall–Kier alpha value is -2.36. The molecule has 0 fully saturated rings. The van der Waals surface area contributed by atoms with Crippen LogP contribution in [0.25, 0.3) is 11.1 Å². The molecular formula is C22H27FO3. The number of hydrogen-bond donors (Lipinski definition) is 0. The van der Waals surface area contributed by atoms with Crippen molar-refractivity contribution < 1.29 is 18.7 Å². The summed E-state index contributed by atoms with van der Waals surface area (Å²) in [7, 11) is 0. The summed E-state index contributed by atoms with van der Waals surface area (Å²) in [5, 5.41) is 0. The lowest BCUT2D eigenvalue weighted by molar-refractivity contribution is 0.0973. The van der Waals surface area contributed by atoms with E-state index in [9.17, 15) is 9.18 Å². The van der Waals surface area contributed by atoms with Gasteiger partial charge >= 0.3 is 6.16 Å². The van der Waals surface area contributed by atoms with Crippen molar-refractivity contribution in [1.29, 1.82) is 0 Å². The molecule has 0 aliphatic carbocycles. The molecule has 0 spiro atoms. The van der Waals surface area contributed by atoms with Crippen LogP contribution < -0.4 is 4.74 Å². The number of carbonyl (C=O) groups is 1. The number of benzene rings is 2. The first-order valence-electron chi connectivity index (χ1n) is 9.37. The fourth-order valence-corrected chi connectivity index (χ4v) is 2.75. The summed E-state index contributed by atoms with van der Waals surface area (Å²) in [6, 6.07) is 12.1. The SMILES string of the molecule is CCCCCCOC(=O)Oc1ccc(-c2ccc(CCC)cc2F)cc1. The van der Waals surface area contributed by atoms with Crippen LogP contribution in [0, 0.1) is 5.82 Å². The summed E-state index contributed by atoms with van der Waals surface area (Å²) in [6.07, 6.45) is 5.30. The molecule has 0 atom stereocenters. The van der Waals surface area contributed by atoms with Gasteiger partial charge in [0.05, 0.1) is 6.61 Å². The highest BCUT2D eigenvalue weighted by atomic mass is 19.1. The smallest absolute Gasteiger partial charge is 0.434 e. The summed E-state index contributed by atoms with van der Waals surface area (Å²) < 4.78 is 24.5. The summed E-state index contributed by atoms with van der Waals surface area (Å²) in [6.45, 7) is 4.57. The highest BCUT2D eigenvalue weighted by Crippen LogP contribution is 2.26. The number of rotatable bonds is 9. The molecule has 140 valence electrons. The number of carbonyl (C=O) groups excluding carboxylic acids is 1. The van der Waals surface area contributed by atoms with Crippen LogP contribution in [0.4, 0.5) is 9.18 Å². The lowest BCUT2D eigenvalue weighted by atomic mass is 10.0. The van der Waals surface area contributed by atoms with Crippen LogP contribution in [-0.2, 0) is 11.2 Å². The molecule has 0 saturated heterocycles. The minimum Gasteiger partial charge on any atom is -0.434 e. The Kier molecular flexibility index (Phi) is 8.13. The predicted molar refractivity (Wildman–Crippen MR) is 102 cm³/mol. The van der Waals surface area contributed by atoms with Gasteiger partial charge in [0, 0.05) is 5.56 Å². The molecule has 0 aliphatic rings. The number of unbranched alkanes of at least 4 members (excludes halogenated alkanes) is 3. The van der Waals surface area contributed by atoms with Crippen molar-refractivity contribution in [3.8, 4) is 16.9 Å². The van der Waals surface area contributed by atoms with Gasteiger partial charge in [0.25, 0.3) is 0 Å². The number of hydrogen-bond acceptors (Lipinski definition) is 3. The van der Waals surface area contributed by atoms with Gasteiger partial charge < -0.3 is 9.47 Å². The average molecular weight is 358 g/mol. The van der Waals surface area contributed by atoms with E-state index < -0.39 is 6.16 Å². The topological polar surface area (TPSA) is 35.5 Å². The van der Waals surface area contributed by atoms with Gasteiger partial charge in [0.1, 0.15) is 11.6 Å². The Bertz CT molecular complexity index is 695. The van der Waals surface area contributed by atoms with Crippen LogP contribution in [0.3, 0.4) is 0 Å². The van der Waals surface area contributed by atoms with Crippen LogP contribution in [0.1, 0.15) is 51.5 Å². The molecule has 0 unspecified atom stereocenters. The molecule has 0 N–H and O–H groups in total. The summed E-state index contributed by atoms with van der Waals surface area (Å²) >= 11 is 0. The van der Waals surface area contributed by atoms with E-state index in [1.807, 2.05) is 6.07 Å². The zero-order valence-corrected chi connectivity index (χ0v) is 15.6. The van der Waals surface area contributed by atoms with E-state index in [0.717, 1.165) is 49.7 Å². The maximum atomic E-state index is 14.3. The Labute approximate surface area is 155 Å². The maximum Gasteiger partial charge on any atom is 0.513 e. The van der Waals surface area contributed by atoms with E-state index in [-0.39, 0.29) is 5.82 Å². The van der Waals surface area contributed by atoms with Gasteiger partial charge in [-0.25, -0.2) is 9.18 Å². The minimum atomic E-state index is -0.704. The average Bonchev–Trinajstić information content (AvgIpc) is 2.63. The van der Waals surface area contributed by atoms with Gasteiger partial charge in [-0.3, -0.25) is 0 Å². The van der Waals surface area contributed by atoms with Gasteiger partial charge in [0.2, 0.25) is 0 Å². The van der Waals surface area contributed by atoms with Crippen LogP contribution in [0.15, 0.2) is 42.5 Å². The van der Waals surface area contributed by atoms with Crippen molar-refractivity contribution in [3.05, 3.63) is 53.8 Å². The third-order valence-electron chi connectivity index (χ3n) is 4.16. The summed E-state index contributed by atoms with van der Waals surface area (Å²) in [5.41, 5.74) is 2.27. The molecule has 0 bridgehead atoms. The Morgan fingerprint density at radius 2 is 1.73 bits per heavy atom. The van der Waals surface area contributed by atoms with Gasteiger partial charge in [-0.15, -0.1) is 0 Å². The van der Waals surface area contributed by atoms with Gasteiger partial charge in [0.15, 0.2) is 0 Å². The van der Waals surface area contributed by atoms with E-state index in [4.69, 9.17) is 9.47 Å². The Balaban J connectivity index is 1.90. The van der Waals surface area contributed by atoms with Crippen molar-refractivity contribution in [2.75, 3.05) is 6.61 Å². The number of halogens is 1. The molecule has 0 radical (unpaired) electrons. The van der Waals surface area contributed by atoms with E-state index in [2.05, 4.69) is 13.8 Å². The lowest BCUT2D eigenvalue weighted by Crippen LogP contribution is -2.11. The number of aryl methyl sites for hydroxylation is 1. The fraction of sp³-hybridized carbons (Fsp3) is 0.409. The molecule has 0 saturated carbocycles. The molecule has 2 rings (SSSR count). The van der Waals surface area contributed by atoms with Crippen molar-refractivity contribution >= 4 is 6.16 Å². The molecule has 4 heteroatoms. The fourth-order valence-electron chi connectivity index (χ4n) is 2.75.